The molecule has 77 valence electrons. The molecule has 0 saturated heterocycles. The van der Waals surface area contributed by atoms with Crippen molar-refractivity contribution in [3.63, 3.8) is 0 Å². The van der Waals surface area contributed by atoms with E-state index in [0.29, 0.717) is 0 Å². The Morgan fingerprint density at radius 1 is 0.769 bits per heavy atom. The summed E-state index contributed by atoms with van der Waals surface area (Å²) in [6.45, 7) is 3.82. The first-order valence-electron chi connectivity index (χ1n) is 5.64. The van der Waals surface area contributed by atoms with Crippen LogP contribution in [0.1, 0.15) is 64.2 Å². The molecule has 0 N–H and O–H groups in total. The van der Waals surface area contributed by atoms with Crippen molar-refractivity contribution in [3.05, 3.63) is 6.92 Å². The summed E-state index contributed by atoms with van der Waals surface area (Å²) < 4.78 is 0. The van der Waals surface area contributed by atoms with E-state index in [9.17, 15) is 4.79 Å². The highest BCUT2D eigenvalue weighted by Crippen LogP contribution is 2.09. The van der Waals surface area contributed by atoms with Crippen LogP contribution in [0.15, 0.2) is 0 Å². The minimum Gasteiger partial charge on any atom is -0.303 e. The SMILES string of the molecule is [CH2]CCCCCCCCCCC=O. The van der Waals surface area contributed by atoms with Crippen LogP contribution >= 0.6 is 0 Å². The average Bonchev–Trinajstić information content (AvgIpc) is 2.16. The number of carbonyl (C=O) groups excluding carboxylic acids is 1. The Hall–Kier alpha value is -0.330. The zero-order chi connectivity index (χ0) is 9.78. The molecule has 1 nitrogen and oxygen atoms in total. The lowest BCUT2D eigenvalue weighted by molar-refractivity contribution is -0.107. The number of carbonyl (C=O) groups is 1. The lowest BCUT2D eigenvalue weighted by Gasteiger charge is -1.99. The van der Waals surface area contributed by atoms with Gasteiger partial charge in [-0.15, -0.1) is 0 Å². The van der Waals surface area contributed by atoms with E-state index in [2.05, 4.69) is 6.92 Å². The van der Waals surface area contributed by atoms with Crippen molar-refractivity contribution in [2.45, 2.75) is 64.2 Å². The highest BCUT2D eigenvalue weighted by Gasteiger charge is 1.91. The van der Waals surface area contributed by atoms with Gasteiger partial charge in [0.1, 0.15) is 6.29 Å². The summed E-state index contributed by atoms with van der Waals surface area (Å²) >= 11 is 0. The number of rotatable bonds is 10. The van der Waals surface area contributed by atoms with Crippen LogP contribution in [0.4, 0.5) is 0 Å². The maximum Gasteiger partial charge on any atom is 0.119 e. The van der Waals surface area contributed by atoms with Gasteiger partial charge < -0.3 is 4.79 Å². The second-order valence-electron chi connectivity index (χ2n) is 3.64. The lowest BCUT2D eigenvalue weighted by atomic mass is 10.1. The fourth-order valence-corrected chi connectivity index (χ4v) is 1.47. The summed E-state index contributed by atoms with van der Waals surface area (Å²) in [7, 11) is 0. The van der Waals surface area contributed by atoms with E-state index in [1.807, 2.05) is 0 Å². The van der Waals surface area contributed by atoms with Crippen molar-refractivity contribution in [2.24, 2.45) is 0 Å². The first kappa shape index (κ1) is 12.7. The monoisotopic (exact) mass is 183 g/mol. The number of unbranched alkanes of at least 4 members (excludes halogenated alkanes) is 9. The zero-order valence-corrected chi connectivity index (χ0v) is 8.76. The Balaban J connectivity index is 2.79. The smallest absolute Gasteiger partial charge is 0.119 e. The van der Waals surface area contributed by atoms with E-state index >= 15 is 0 Å². The van der Waals surface area contributed by atoms with E-state index in [0.717, 1.165) is 25.5 Å². The summed E-state index contributed by atoms with van der Waals surface area (Å²) in [5, 5.41) is 0. The quantitative estimate of drug-likeness (QED) is 0.370. The fraction of sp³-hybridized carbons (Fsp3) is 0.833. The molecule has 0 aromatic heterocycles. The zero-order valence-electron chi connectivity index (χ0n) is 8.76. The summed E-state index contributed by atoms with van der Waals surface area (Å²) in [6.07, 6.45) is 13.2. The Morgan fingerprint density at radius 3 is 1.69 bits per heavy atom. The van der Waals surface area contributed by atoms with Gasteiger partial charge in [-0.3, -0.25) is 0 Å². The van der Waals surface area contributed by atoms with Gasteiger partial charge in [0, 0.05) is 6.42 Å². The summed E-state index contributed by atoms with van der Waals surface area (Å²) in [6, 6.07) is 0. The van der Waals surface area contributed by atoms with E-state index in [1.54, 1.807) is 0 Å². The molecule has 1 heteroatoms. The van der Waals surface area contributed by atoms with Gasteiger partial charge in [0.2, 0.25) is 0 Å². The average molecular weight is 183 g/mol. The predicted octanol–water partition coefficient (Wildman–Crippen LogP) is 3.92. The topological polar surface area (TPSA) is 17.1 Å². The Bertz CT molecular complexity index is 99.3. The molecular weight excluding hydrogens is 160 g/mol. The second kappa shape index (κ2) is 11.7. The molecule has 0 aliphatic heterocycles. The van der Waals surface area contributed by atoms with Crippen molar-refractivity contribution < 1.29 is 4.79 Å². The van der Waals surface area contributed by atoms with Gasteiger partial charge in [0.15, 0.2) is 0 Å². The Labute approximate surface area is 82.9 Å². The van der Waals surface area contributed by atoms with Crippen molar-refractivity contribution >= 4 is 6.29 Å². The highest BCUT2D eigenvalue weighted by atomic mass is 16.1. The molecule has 0 aromatic rings. The van der Waals surface area contributed by atoms with Crippen LogP contribution in [0.3, 0.4) is 0 Å². The van der Waals surface area contributed by atoms with Gasteiger partial charge in [-0.1, -0.05) is 58.3 Å². The molecule has 0 rings (SSSR count). The van der Waals surface area contributed by atoms with Crippen LogP contribution in [0.2, 0.25) is 0 Å². The van der Waals surface area contributed by atoms with Crippen molar-refractivity contribution in [1.82, 2.24) is 0 Å². The predicted molar refractivity (Wildman–Crippen MR) is 57.6 cm³/mol. The standard InChI is InChI=1S/C12H23O/c1-2-3-4-5-6-7-8-9-10-11-12-13/h12H,1-11H2. The number of hydrogen-bond donors (Lipinski definition) is 0. The minimum absolute atomic E-state index is 0.751. The molecule has 0 saturated carbocycles. The molecule has 0 heterocycles. The van der Waals surface area contributed by atoms with Crippen LogP contribution in [-0.4, -0.2) is 6.29 Å². The van der Waals surface area contributed by atoms with Gasteiger partial charge in [-0.25, -0.2) is 0 Å². The lowest BCUT2D eigenvalue weighted by Crippen LogP contribution is -1.81. The van der Waals surface area contributed by atoms with Gasteiger partial charge in [0.25, 0.3) is 0 Å². The Kier molecular flexibility index (Phi) is 11.4. The van der Waals surface area contributed by atoms with Gasteiger partial charge >= 0.3 is 0 Å². The third-order valence-corrected chi connectivity index (χ3v) is 2.32. The van der Waals surface area contributed by atoms with Crippen LogP contribution in [0, 0.1) is 6.92 Å². The molecular formula is C12H23O. The van der Waals surface area contributed by atoms with Gasteiger partial charge in [-0.05, 0) is 6.42 Å². The molecule has 0 aliphatic carbocycles. The highest BCUT2D eigenvalue weighted by molar-refractivity contribution is 5.48. The molecule has 1 radical (unpaired) electrons. The molecule has 13 heavy (non-hydrogen) atoms. The minimum atomic E-state index is 0.751. The maximum absolute atomic E-state index is 10.0. The normalized spacial score (nSPS) is 10.2. The molecule has 0 bridgehead atoms. The van der Waals surface area contributed by atoms with E-state index < -0.39 is 0 Å². The van der Waals surface area contributed by atoms with Gasteiger partial charge in [-0.2, -0.15) is 0 Å². The molecule has 0 unspecified atom stereocenters. The van der Waals surface area contributed by atoms with Crippen LogP contribution in [0.25, 0.3) is 0 Å². The molecule has 0 atom stereocenters. The molecule has 0 aliphatic rings. The third-order valence-electron chi connectivity index (χ3n) is 2.32. The first-order chi connectivity index (χ1) is 6.41. The van der Waals surface area contributed by atoms with Crippen molar-refractivity contribution in [3.8, 4) is 0 Å². The molecule has 0 spiro atoms. The molecule has 0 amide bonds. The molecule has 0 aromatic carbocycles. The second-order valence-corrected chi connectivity index (χ2v) is 3.64. The summed E-state index contributed by atoms with van der Waals surface area (Å²) in [5.74, 6) is 0. The van der Waals surface area contributed by atoms with Gasteiger partial charge in [0.05, 0.1) is 0 Å². The van der Waals surface area contributed by atoms with Crippen LogP contribution in [-0.2, 0) is 4.79 Å². The van der Waals surface area contributed by atoms with E-state index in [4.69, 9.17) is 0 Å². The maximum atomic E-state index is 10.0. The number of aldehydes is 1. The summed E-state index contributed by atoms with van der Waals surface area (Å²) in [5.41, 5.74) is 0. The third kappa shape index (κ3) is 11.7. The molecule has 0 fully saturated rings. The van der Waals surface area contributed by atoms with Crippen LogP contribution in [0.5, 0.6) is 0 Å². The largest absolute Gasteiger partial charge is 0.303 e. The van der Waals surface area contributed by atoms with Crippen molar-refractivity contribution in [1.29, 1.82) is 0 Å². The first-order valence-corrected chi connectivity index (χ1v) is 5.64. The Morgan fingerprint density at radius 2 is 1.23 bits per heavy atom. The fourth-order valence-electron chi connectivity index (χ4n) is 1.47. The van der Waals surface area contributed by atoms with E-state index in [-0.39, 0.29) is 0 Å². The van der Waals surface area contributed by atoms with Crippen LogP contribution < -0.4 is 0 Å². The summed E-state index contributed by atoms with van der Waals surface area (Å²) in [4.78, 5) is 10.0. The van der Waals surface area contributed by atoms with E-state index in [1.165, 1.54) is 44.9 Å². The van der Waals surface area contributed by atoms with Crippen molar-refractivity contribution in [2.75, 3.05) is 0 Å². The number of hydrogen-bond acceptors (Lipinski definition) is 1.